The molecule has 1 aromatic heterocycles. The van der Waals surface area contributed by atoms with Crippen LogP contribution in [0.1, 0.15) is 48.9 Å². The molecule has 0 fully saturated rings. The van der Waals surface area contributed by atoms with Crippen molar-refractivity contribution in [2.24, 2.45) is 11.1 Å². The second-order valence-electron chi connectivity index (χ2n) is 6.30. The number of amides is 1. The molecular weight excluding hydrogens is 288 g/mol. The van der Waals surface area contributed by atoms with E-state index in [0.29, 0.717) is 13.1 Å². The van der Waals surface area contributed by atoms with Gasteiger partial charge in [-0.2, -0.15) is 5.10 Å². The van der Waals surface area contributed by atoms with E-state index >= 15 is 0 Å². The predicted octanol–water partition coefficient (Wildman–Crippen LogP) is 2.39. The van der Waals surface area contributed by atoms with Crippen LogP contribution in [0.4, 0.5) is 0 Å². The molecule has 21 heavy (non-hydrogen) atoms. The maximum atomic E-state index is 12.6. The van der Waals surface area contributed by atoms with Gasteiger partial charge >= 0.3 is 0 Å². The van der Waals surface area contributed by atoms with Gasteiger partial charge in [-0.25, -0.2) is 0 Å². The third-order valence-electron chi connectivity index (χ3n) is 3.60. The van der Waals surface area contributed by atoms with Crippen LogP contribution in [0.3, 0.4) is 0 Å². The summed E-state index contributed by atoms with van der Waals surface area (Å²) >= 11 is 0. The van der Waals surface area contributed by atoms with E-state index in [2.05, 4.69) is 25.9 Å². The van der Waals surface area contributed by atoms with Crippen LogP contribution < -0.4 is 5.73 Å². The van der Waals surface area contributed by atoms with Gasteiger partial charge in [0.25, 0.3) is 5.91 Å². The van der Waals surface area contributed by atoms with Gasteiger partial charge in [0, 0.05) is 25.8 Å². The Labute approximate surface area is 134 Å². The average Bonchev–Trinajstić information content (AvgIpc) is 2.64. The van der Waals surface area contributed by atoms with Gasteiger partial charge < -0.3 is 10.6 Å². The summed E-state index contributed by atoms with van der Waals surface area (Å²) in [5.74, 6) is 0.0314. The molecule has 0 saturated carbocycles. The Morgan fingerprint density at radius 2 is 1.95 bits per heavy atom. The average molecular weight is 317 g/mol. The number of aryl methyl sites for hydroxylation is 2. The van der Waals surface area contributed by atoms with Crippen molar-refractivity contribution in [2.45, 2.75) is 47.6 Å². The number of nitrogens with two attached hydrogens (primary N) is 1. The second-order valence-corrected chi connectivity index (χ2v) is 6.30. The van der Waals surface area contributed by atoms with Crippen LogP contribution in [-0.2, 0) is 6.54 Å². The zero-order valence-electron chi connectivity index (χ0n) is 14.1. The third-order valence-corrected chi connectivity index (χ3v) is 3.60. The Morgan fingerprint density at radius 1 is 1.38 bits per heavy atom. The summed E-state index contributed by atoms with van der Waals surface area (Å²) < 4.78 is 1.92. The molecule has 0 aliphatic heterocycles. The van der Waals surface area contributed by atoms with Crippen molar-refractivity contribution in [2.75, 3.05) is 20.1 Å². The van der Waals surface area contributed by atoms with Crippen LogP contribution in [-0.4, -0.2) is 40.7 Å². The highest BCUT2D eigenvalue weighted by Gasteiger charge is 2.25. The van der Waals surface area contributed by atoms with Gasteiger partial charge in [-0.15, -0.1) is 12.4 Å². The Balaban J connectivity index is 0.00000400. The van der Waals surface area contributed by atoms with Crippen LogP contribution in [0.25, 0.3) is 0 Å². The summed E-state index contributed by atoms with van der Waals surface area (Å²) in [5, 5.41) is 4.46. The van der Waals surface area contributed by atoms with Gasteiger partial charge in [0.05, 0.1) is 11.3 Å². The lowest BCUT2D eigenvalue weighted by Crippen LogP contribution is -2.40. The quantitative estimate of drug-likeness (QED) is 0.876. The zero-order chi connectivity index (χ0) is 15.5. The molecule has 0 bridgehead atoms. The lowest BCUT2D eigenvalue weighted by Gasteiger charge is -2.29. The molecule has 2 N–H and O–H groups in total. The Hall–Kier alpha value is -1.07. The number of hydrogen-bond acceptors (Lipinski definition) is 3. The molecule has 1 aromatic rings. The van der Waals surface area contributed by atoms with E-state index in [4.69, 9.17) is 5.73 Å². The van der Waals surface area contributed by atoms with E-state index in [9.17, 15) is 4.79 Å². The lowest BCUT2D eigenvalue weighted by molar-refractivity contribution is 0.0739. The van der Waals surface area contributed by atoms with Crippen molar-refractivity contribution in [3.05, 3.63) is 17.0 Å². The molecule has 0 aromatic carbocycles. The molecule has 0 saturated heterocycles. The molecule has 0 atom stereocenters. The van der Waals surface area contributed by atoms with Gasteiger partial charge in [0.2, 0.25) is 0 Å². The van der Waals surface area contributed by atoms with E-state index in [1.54, 1.807) is 4.90 Å². The maximum Gasteiger partial charge on any atom is 0.257 e. The first-order valence-corrected chi connectivity index (χ1v) is 7.23. The van der Waals surface area contributed by atoms with Crippen LogP contribution in [0.2, 0.25) is 0 Å². The van der Waals surface area contributed by atoms with Gasteiger partial charge in [-0.3, -0.25) is 9.48 Å². The molecule has 0 aliphatic carbocycles. The van der Waals surface area contributed by atoms with E-state index in [0.717, 1.165) is 29.9 Å². The minimum absolute atomic E-state index is 0. The van der Waals surface area contributed by atoms with Crippen molar-refractivity contribution >= 4 is 18.3 Å². The third kappa shape index (κ3) is 4.71. The van der Waals surface area contributed by atoms with Crippen LogP contribution >= 0.6 is 12.4 Å². The molecular formula is C15H29ClN4O. The van der Waals surface area contributed by atoms with Crippen molar-refractivity contribution in [3.8, 4) is 0 Å². The number of rotatable bonds is 6. The van der Waals surface area contributed by atoms with E-state index in [1.165, 1.54) is 0 Å². The van der Waals surface area contributed by atoms with Crippen molar-refractivity contribution in [3.63, 3.8) is 0 Å². The summed E-state index contributed by atoms with van der Waals surface area (Å²) in [6.45, 7) is 12.1. The highest BCUT2D eigenvalue weighted by atomic mass is 35.5. The number of halogens is 1. The topological polar surface area (TPSA) is 64.2 Å². The van der Waals surface area contributed by atoms with Gasteiger partial charge in [-0.05, 0) is 32.2 Å². The fourth-order valence-corrected chi connectivity index (χ4v) is 2.41. The summed E-state index contributed by atoms with van der Waals surface area (Å²) in [7, 11) is 1.83. The Bertz CT molecular complexity index is 482. The first-order chi connectivity index (χ1) is 9.23. The molecule has 0 aliphatic rings. The molecule has 0 radical (unpaired) electrons. The normalized spacial score (nSPS) is 11.2. The summed E-state index contributed by atoms with van der Waals surface area (Å²) in [6.07, 6.45) is 1.01. The number of carbonyl (C=O) groups excluding carboxylic acids is 1. The molecule has 1 amide bonds. The fraction of sp³-hybridized carbons (Fsp3) is 0.733. The van der Waals surface area contributed by atoms with E-state index in [1.807, 2.05) is 25.6 Å². The molecule has 0 unspecified atom stereocenters. The molecule has 5 nitrogen and oxygen atoms in total. The number of carbonyl (C=O) groups is 1. The van der Waals surface area contributed by atoms with Crippen molar-refractivity contribution in [1.29, 1.82) is 0 Å². The van der Waals surface area contributed by atoms with E-state index < -0.39 is 0 Å². The summed E-state index contributed by atoms with van der Waals surface area (Å²) in [4.78, 5) is 14.4. The summed E-state index contributed by atoms with van der Waals surface area (Å²) in [5.41, 5.74) is 8.15. The zero-order valence-corrected chi connectivity index (χ0v) is 14.9. The first-order valence-electron chi connectivity index (χ1n) is 7.23. The van der Waals surface area contributed by atoms with Crippen molar-refractivity contribution < 1.29 is 4.79 Å². The molecule has 0 spiro atoms. The van der Waals surface area contributed by atoms with E-state index in [-0.39, 0.29) is 23.7 Å². The smallest absolute Gasteiger partial charge is 0.257 e. The Kier molecular flexibility index (Phi) is 7.40. The van der Waals surface area contributed by atoms with Crippen LogP contribution in [0.5, 0.6) is 0 Å². The maximum absolute atomic E-state index is 12.6. The summed E-state index contributed by atoms with van der Waals surface area (Å²) in [6, 6.07) is 0. The number of nitrogens with zero attached hydrogens (tertiary/aromatic N) is 3. The van der Waals surface area contributed by atoms with Gasteiger partial charge in [-0.1, -0.05) is 20.8 Å². The van der Waals surface area contributed by atoms with Crippen LogP contribution in [0, 0.1) is 19.3 Å². The molecule has 6 heteroatoms. The standard InChI is InChI=1S/C15H28N4O.ClH/c1-7-8-19-12(3)13(11(2)17-19)14(20)18(6)10-15(4,5)9-16;/h7-10,16H2,1-6H3;1H. The van der Waals surface area contributed by atoms with Gasteiger partial charge in [0.15, 0.2) is 0 Å². The first kappa shape index (κ1) is 19.9. The second kappa shape index (κ2) is 7.80. The lowest BCUT2D eigenvalue weighted by atomic mass is 9.93. The largest absolute Gasteiger partial charge is 0.341 e. The highest BCUT2D eigenvalue weighted by molar-refractivity contribution is 5.96. The molecule has 1 rings (SSSR count). The van der Waals surface area contributed by atoms with Crippen LogP contribution in [0.15, 0.2) is 0 Å². The monoisotopic (exact) mass is 316 g/mol. The number of hydrogen-bond donors (Lipinski definition) is 1. The fourth-order valence-electron chi connectivity index (χ4n) is 2.41. The minimum atomic E-state index is -0.0777. The SMILES string of the molecule is CCCn1nc(C)c(C(=O)N(C)CC(C)(C)CN)c1C.Cl. The number of aromatic nitrogens is 2. The van der Waals surface area contributed by atoms with Gasteiger partial charge in [0.1, 0.15) is 0 Å². The molecule has 1 heterocycles. The Morgan fingerprint density at radius 3 is 2.43 bits per heavy atom. The van der Waals surface area contributed by atoms with Crippen molar-refractivity contribution in [1.82, 2.24) is 14.7 Å². The predicted molar refractivity (Wildman–Crippen MR) is 89.0 cm³/mol. The minimum Gasteiger partial charge on any atom is -0.341 e. The molecule has 122 valence electrons. The highest BCUT2D eigenvalue weighted by Crippen LogP contribution is 2.19.